The molecular formula is C10H20S2. The lowest BCUT2D eigenvalue weighted by Gasteiger charge is -2.38. The standard InChI is InChI=1S/C10H20S2/c1-7-6-8(2)12-9(11-7)10(3,4)5/h7-9H,6H2,1-5H3. The highest BCUT2D eigenvalue weighted by Gasteiger charge is 2.33. The lowest BCUT2D eigenvalue weighted by molar-refractivity contribution is 0.455. The van der Waals surface area contributed by atoms with Crippen molar-refractivity contribution >= 4 is 23.5 Å². The molecule has 72 valence electrons. The van der Waals surface area contributed by atoms with E-state index in [9.17, 15) is 0 Å². The topological polar surface area (TPSA) is 0 Å². The third kappa shape index (κ3) is 2.88. The van der Waals surface area contributed by atoms with E-state index < -0.39 is 0 Å². The van der Waals surface area contributed by atoms with Gasteiger partial charge in [0.25, 0.3) is 0 Å². The highest BCUT2D eigenvalue weighted by molar-refractivity contribution is 8.18. The zero-order valence-corrected chi connectivity index (χ0v) is 10.4. The van der Waals surface area contributed by atoms with Crippen LogP contribution in [0, 0.1) is 5.41 Å². The van der Waals surface area contributed by atoms with E-state index in [1.165, 1.54) is 6.42 Å². The largest absolute Gasteiger partial charge is 0.144 e. The zero-order valence-electron chi connectivity index (χ0n) is 8.76. The van der Waals surface area contributed by atoms with Gasteiger partial charge in [-0.05, 0) is 11.8 Å². The van der Waals surface area contributed by atoms with Crippen LogP contribution in [0.15, 0.2) is 0 Å². The maximum Gasteiger partial charge on any atom is 0.0556 e. The summed E-state index contributed by atoms with van der Waals surface area (Å²) in [5, 5.41) is 1.70. The van der Waals surface area contributed by atoms with Crippen LogP contribution < -0.4 is 0 Å². The van der Waals surface area contributed by atoms with Crippen LogP contribution in [0.5, 0.6) is 0 Å². The Balaban J connectivity index is 2.55. The smallest absolute Gasteiger partial charge is 0.0556 e. The summed E-state index contributed by atoms with van der Waals surface area (Å²) in [7, 11) is 0. The summed E-state index contributed by atoms with van der Waals surface area (Å²) < 4.78 is 0.788. The molecule has 2 heteroatoms. The van der Waals surface area contributed by atoms with Crippen LogP contribution in [0.2, 0.25) is 0 Å². The number of hydrogen-bond acceptors (Lipinski definition) is 2. The summed E-state index contributed by atoms with van der Waals surface area (Å²) in [5.41, 5.74) is 0.457. The van der Waals surface area contributed by atoms with Gasteiger partial charge >= 0.3 is 0 Å². The Bertz CT molecular complexity index is 138. The molecule has 1 aliphatic rings. The van der Waals surface area contributed by atoms with Crippen molar-refractivity contribution in [3.8, 4) is 0 Å². The van der Waals surface area contributed by atoms with Gasteiger partial charge in [-0.3, -0.25) is 0 Å². The number of thioether (sulfide) groups is 2. The molecule has 0 saturated carbocycles. The Kier molecular flexibility index (Phi) is 3.44. The van der Waals surface area contributed by atoms with Gasteiger partial charge in [0, 0.05) is 10.5 Å². The molecule has 0 aromatic carbocycles. The molecule has 2 unspecified atom stereocenters. The molecule has 0 aromatic heterocycles. The molecule has 1 heterocycles. The second-order valence-corrected chi connectivity index (χ2v) is 8.22. The normalized spacial score (nSPS) is 38.2. The van der Waals surface area contributed by atoms with E-state index >= 15 is 0 Å². The monoisotopic (exact) mass is 204 g/mol. The molecule has 0 amide bonds. The van der Waals surface area contributed by atoms with Gasteiger partial charge in [-0.2, -0.15) is 0 Å². The maximum absolute atomic E-state index is 2.36. The summed E-state index contributed by atoms with van der Waals surface area (Å²) in [6, 6.07) is 0. The van der Waals surface area contributed by atoms with Crippen LogP contribution in [-0.4, -0.2) is 15.1 Å². The van der Waals surface area contributed by atoms with Gasteiger partial charge in [0.2, 0.25) is 0 Å². The van der Waals surface area contributed by atoms with E-state index in [0.717, 1.165) is 15.1 Å². The molecule has 0 aromatic rings. The Labute approximate surface area is 85.3 Å². The Morgan fingerprint density at radius 3 is 1.75 bits per heavy atom. The number of rotatable bonds is 0. The van der Waals surface area contributed by atoms with Crippen molar-refractivity contribution in [3.05, 3.63) is 0 Å². The van der Waals surface area contributed by atoms with Crippen molar-refractivity contribution < 1.29 is 0 Å². The maximum atomic E-state index is 2.36. The van der Waals surface area contributed by atoms with Crippen molar-refractivity contribution in [2.45, 2.75) is 56.1 Å². The van der Waals surface area contributed by atoms with Crippen molar-refractivity contribution in [2.24, 2.45) is 5.41 Å². The summed E-state index contributed by atoms with van der Waals surface area (Å²) in [5.74, 6) is 0. The van der Waals surface area contributed by atoms with Crippen molar-refractivity contribution in [1.82, 2.24) is 0 Å². The second kappa shape index (κ2) is 3.83. The molecule has 1 saturated heterocycles. The van der Waals surface area contributed by atoms with Gasteiger partial charge in [-0.15, -0.1) is 23.5 Å². The molecule has 0 nitrogen and oxygen atoms in total. The fourth-order valence-corrected chi connectivity index (χ4v) is 5.42. The molecule has 0 N–H and O–H groups in total. The number of hydrogen-bond donors (Lipinski definition) is 0. The molecular weight excluding hydrogens is 184 g/mol. The van der Waals surface area contributed by atoms with Gasteiger partial charge < -0.3 is 0 Å². The van der Waals surface area contributed by atoms with Crippen molar-refractivity contribution in [2.75, 3.05) is 0 Å². The second-order valence-electron chi connectivity index (χ2n) is 4.83. The predicted octanol–water partition coefficient (Wildman–Crippen LogP) is 4.01. The summed E-state index contributed by atoms with van der Waals surface area (Å²) in [4.78, 5) is 0. The molecule has 0 radical (unpaired) electrons. The molecule has 0 spiro atoms. The molecule has 0 bridgehead atoms. The quantitative estimate of drug-likeness (QED) is 0.585. The minimum absolute atomic E-state index is 0.457. The average molecular weight is 204 g/mol. The Hall–Kier alpha value is 0.700. The Morgan fingerprint density at radius 1 is 1.00 bits per heavy atom. The first-order valence-corrected chi connectivity index (χ1v) is 6.59. The van der Waals surface area contributed by atoms with Crippen LogP contribution in [0.1, 0.15) is 41.0 Å². The SMILES string of the molecule is CC1CC(C)SC(C(C)(C)C)S1. The van der Waals surface area contributed by atoms with Crippen LogP contribution in [0.4, 0.5) is 0 Å². The summed E-state index contributed by atoms with van der Waals surface area (Å²) in [6.07, 6.45) is 1.38. The van der Waals surface area contributed by atoms with Crippen LogP contribution in [0.25, 0.3) is 0 Å². The van der Waals surface area contributed by atoms with Gasteiger partial charge in [0.1, 0.15) is 0 Å². The predicted molar refractivity (Wildman–Crippen MR) is 62.0 cm³/mol. The highest BCUT2D eigenvalue weighted by Crippen LogP contribution is 2.48. The van der Waals surface area contributed by atoms with Crippen LogP contribution >= 0.6 is 23.5 Å². The van der Waals surface area contributed by atoms with Crippen molar-refractivity contribution in [1.29, 1.82) is 0 Å². The minimum Gasteiger partial charge on any atom is -0.144 e. The van der Waals surface area contributed by atoms with E-state index in [2.05, 4.69) is 58.1 Å². The van der Waals surface area contributed by atoms with Gasteiger partial charge in [-0.1, -0.05) is 34.6 Å². The first-order valence-electron chi connectivity index (χ1n) is 4.70. The minimum atomic E-state index is 0.457. The zero-order chi connectivity index (χ0) is 9.35. The fraction of sp³-hybridized carbons (Fsp3) is 1.00. The molecule has 1 rings (SSSR count). The summed E-state index contributed by atoms with van der Waals surface area (Å²) >= 11 is 4.32. The molecule has 1 aliphatic heterocycles. The van der Waals surface area contributed by atoms with E-state index in [4.69, 9.17) is 0 Å². The molecule has 1 fully saturated rings. The Morgan fingerprint density at radius 2 is 1.42 bits per heavy atom. The van der Waals surface area contributed by atoms with Crippen molar-refractivity contribution in [3.63, 3.8) is 0 Å². The molecule has 2 atom stereocenters. The highest BCUT2D eigenvalue weighted by atomic mass is 32.2. The first kappa shape index (κ1) is 10.8. The van der Waals surface area contributed by atoms with Crippen LogP contribution in [-0.2, 0) is 0 Å². The van der Waals surface area contributed by atoms with Gasteiger partial charge in [-0.25, -0.2) is 0 Å². The average Bonchev–Trinajstić information content (AvgIpc) is 1.82. The third-order valence-electron chi connectivity index (χ3n) is 2.08. The first-order chi connectivity index (χ1) is 5.39. The van der Waals surface area contributed by atoms with Crippen LogP contribution in [0.3, 0.4) is 0 Å². The van der Waals surface area contributed by atoms with Gasteiger partial charge in [0.05, 0.1) is 4.58 Å². The fourth-order valence-electron chi connectivity index (χ4n) is 1.44. The van der Waals surface area contributed by atoms with E-state index in [1.807, 2.05) is 0 Å². The summed E-state index contributed by atoms with van der Waals surface area (Å²) in [6.45, 7) is 11.8. The van der Waals surface area contributed by atoms with E-state index in [-0.39, 0.29) is 0 Å². The van der Waals surface area contributed by atoms with E-state index in [0.29, 0.717) is 5.41 Å². The molecule has 12 heavy (non-hydrogen) atoms. The lowest BCUT2D eigenvalue weighted by atomic mass is 10.00. The van der Waals surface area contributed by atoms with Gasteiger partial charge in [0.15, 0.2) is 0 Å². The van der Waals surface area contributed by atoms with E-state index in [1.54, 1.807) is 0 Å². The lowest BCUT2D eigenvalue weighted by Crippen LogP contribution is -2.29. The molecule has 0 aliphatic carbocycles. The third-order valence-corrected chi connectivity index (χ3v) is 5.97.